The first kappa shape index (κ1) is 14.5. The van der Waals surface area contributed by atoms with E-state index >= 15 is 0 Å². The second kappa shape index (κ2) is 6.05. The summed E-state index contributed by atoms with van der Waals surface area (Å²) in [5.74, 6) is 0.376. The van der Waals surface area contributed by atoms with Gasteiger partial charge in [-0.1, -0.05) is 49.9 Å². The quantitative estimate of drug-likeness (QED) is 0.784. The van der Waals surface area contributed by atoms with Gasteiger partial charge in [-0.3, -0.25) is 0 Å². The van der Waals surface area contributed by atoms with Gasteiger partial charge < -0.3 is 4.74 Å². The summed E-state index contributed by atoms with van der Waals surface area (Å²) in [6.45, 7) is 5.83. The fourth-order valence-electron chi connectivity index (χ4n) is 2.05. The van der Waals surface area contributed by atoms with Crippen LogP contribution in [0.2, 0.25) is 0 Å². The Bertz CT molecular complexity index is 645. The lowest BCUT2D eigenvalue weighted by Gasteiger charge is -2.13. The number of ether oxygens (including phenoxy) is 1. The summed E-state index contributed by atoms with van der Waals surface area (Å²) in [4.78, 5) is 0. The lowest BCUT2D eigenvalue weighted by Crippen LogP contribution is -2.08. The van der Waals surface area contributed by atoms with Crippen LogP contribution in [-0.2, 0) is 14.8 Å². The molecule has 0 amide bonds. The third kappa shape index (κ3) is 3.57. The van der Waals surface area contributed by atoms with Crippen molar-refractivity contribution >= 4 is 15.9 Å². The maximum Gasteiger partial charge on any atom is 0.279 e. The number of hydrogen-bond acceptors (Lipinski definition) is 3. The second-order valence-corrected chi connectivity index (χ2v) is 6.12. The lowest BCUT2D eigenvalue weighted by atomic mass is 9.94. The summed E-state index contributed by atoms with van der Waals surface area (Å²) in [6, 6.07) is 9.94. The zero-order valence-corrected chi connectivity index (χ0v) is 12.1. The molecule has 1 aliphatic heterocycles. The number of nitrogens with zero attached hydrogens (tertiary/aromatic N) is 1. The summed E-state index contributed by atoms with van der Waals surface area (Å²) in [7, 11) is -3.54. The highest BCUT2D eigenvalue weighted by Crippen LogP contribution is 2.27. The molecule has 1 aromatic rings. The Balaban J connectivity index is 2.15. The summed E-state index contributed by atoms with van der Waals surface area (Å²) in [6.07, 6.45) is 2.13. The zero-order valence-electron chi connectivity index (χ0n) is 11.3. The largest absolute Gasteiger partial charge is 0.473 e. The van der Waals surface area contributed by atoms with Crippen molar-refractivity contribution in [1.82, 2.24) is 0 Å². The van der Waals surface area contributed by atoms with E-state index in [1.807, 2.05) is 37.3 Å². The standard InChI is InChI=1S/C15H17NO3S/c1-3-9-19-15-14(11-20(17,18)16-15)10-12(2)13-7-5-4-6-8-13/h3-8,11-12H,1,9-10H2,2H3. The predicted molar refractivity (Wildman–Crippen MR) is 80.1 cm³/mol. The van der Waals surface area contributed by atoms with Crippen LogP contribution in [0.1, 0.15) is 24.8 Å². The maximum atomic E-state index is 11.6. The highest BCUT2D eigenvalue weighted by Gasteiger charge is 2.25. The van der Waals surface area contributed by atoms with E-state index < -0.39 is 10.0 Å². The third-order valence-electron chi connectivity index (χ3n) is 3.01. The van der Waals surface area contributed by atoms with Crippen molar-refractivity contribution in [1.29, 1.82) is 0 Å². The van der Waals surface area contributed by atoms with Gasteiger partial charge in [-0.2, -0.15) is 8.42 Å². The van der Waals surface area contributed by atoms with Gasteiger partial charge >= 0.3 is 0 Å². The molecule has 1 aliphatic rings. The van der Waals surface area contributed by atoms with Crippen molar-refractivity contribution in [3.63, 3.8) is 0 Å². The number of sulfonamides is 1. The molecule has 0 N–H and O–H groups in total. The molecule has 0 aliphatic carbocycles. The molecule has 0 bridgehead atoms. The molecule has 1 heterocycles. The molecular formula is C15H17NO3S. The van der Waals surface area contributed by atoms with E-state index in [9.17, 15) is 8.42 Å². The Labute approximate surface area is 119 Å². The molecule has 0 saturated carbocycles. The van der Waals surface area contributed by atoms with Crippen molar-refractivity contribution in [2.45, 2.75) is 19.3 Å². The summed E-state index contributed by atoms with van der Waals surface area (Å²) >= 11 is 0. The predicted octanol–water partition coefficient (Wildman–Crippen LogP) is 3.01. The molecule has 0 saturated heterocycles. The van der Waals surface area contributed by atoms with Gasteiger partial charge in [-0.25, -0.2) is 0 Å². The molecule has 4 nitrogen and oxygen atoms in total. The van der Waals surface area contributed by atoms with E-state index in [-0.39, 0.29) is 18.4 Å². The third-order valence-corrected chi connectivity index (χ3v) is 4.01. The first-order chi connectivity index (χ1) is 9.52. The minimum atomic E-state index is -3.54. The van der Waals surface area contributed by atoms with E-state index in [4.69, 9.17) is 4.74 Å². The molecule has 20 heavy (non-hydrogen) atoms. The van der Waals surface area contributed by atoms with Crippen LogP contribution in [0.5, 0.6) is 0 Å². The van der Waals surface area contributed by atoms with Crippen molar-refractivity contribution in [3.8, 4) is 0 Å². The van der Waals surface area contributed by atoms with Crippen molar-refractivity contribution in [3.05, 3.63) is 59.5 Å². The van der Waals surface area contributed by atoms with Gasteiger partial charge in [0, 0.05) is 5.57 Å². The molecule has 2 rings (SSSR count). The Hall–Kier alpha value is -1.88. The molecule has 0 fully saturated rings. The fourth-order valence-corrected chi connectivity index (χ4v) is 3.06. The van der Waals surface area contributed by atoms with Crippen molar-refractivity contribution in [2.24, 2.45) is 4.40 Å². The van der Waals surface area contributed by atoms with Crippen LogP contribution in [0.4, 0.5) is 0 Å². The minimum absolute atomic E-state index is 0.188. The van der Waals surface area contributed by atoms with Crippen LogP contribution in [0, 0.1) is 0 Å². The van der Waals surface area contributed by atoms with Gasteiger partial charge in [-0.05, 0) is 17.9 Å². The van der Waals surface area contributed by atoms with Crippen LogP contribution in [0.15, 0.2) is 58.4 Å². The maximum absolute atomic E-state index is 11.6. The van der Waals surface area contributed by atoms with Crippen molar-refractivity contribution < 1.29 is 13.2 Å². The Morgan fingerprint density at radius 2 is 2.05 bits per heavy atom. The van der Waals surface area contributed by atoms with Crippen LogP contribution in [0.3, 0.4) is 0 Å². The molecule has 106 valence electrons. The van der Waals surface area contributed by atoms with E-state index in [0.717, 1.165) is 5.56 Å². The molecule has 0 spiro atoms. The van der Waals surface area contributed by atoms with Gasteiger partial charge in [0.1, 0.15) is 6.61 Å². The average molecular weight is 291 g/mol. The molecule has 0 aromatic heterocycles. The van der Waals surface area contributed by atoms with E-state index in [1.165, 1.54) is 5.41 Å². The molecule has 0 radical (unpaired) electrons. The molecular weight excluding hydrogens is 274 g/mol. The van der Waals surface area contributed by atoms with Crippen LogP contribution < -0.4 is 0 Å². The molecule has 1 atom stereocenters. The van der Waals surface area contributed by atoms with Gasteiger partial charge in [0.05, 0.1) is 5.41 Å². The van der Waals surface area contributed by atoms with Crippen molar-refractivity contribution in [2.75, 3.05) is 6.61 Å². The smallest absolute Gasteiger partial charge is 0.279 e. The summed E-state index contributed by atoms with van der Waals surface area (Å²) in [5.41, 5.74) is 1.77. The Morgan fingerprint density at radius 1 is 1.35 bits per heavy atom. The Morgan fingerprint density at radius 3 is 2.70 bits per heavy atom. The van der Waals surface area contributed by atoms with E-state index in [0.29, 0.717) is 12.0 Å². The van der Waals surface area contributed by atoms with Crippen LogP contribution in [-0.4, -0.2) is 20.9 Å². The monoisotopic (exact) mass is 291 g/mol. The van der Waals surface area contributed by atoms with Crippen LogP contribution in [0.25, 0.3) is 0 Å². The molecule has 5 heteroatoms. The SMILES string of the molecule is C=CCOC1=NS(=O)(=O)C=C1CC(C)c1ccccc1. The second-order valence-electron chi connectivity index (χ2n) is 4.67. The number of benzene rings is 1. The van der Waals surface area contributed by atoms with Gasteiger partial charge in [0.25, 0.3) is 10.0 Å². The first-order valence-electron chi connectivity index (χ1n) is 6.36. The normalized spacial score (nSPS) is 18.1. The summed E-state index contributed by atoms with van der Waals surface area (Å²) < 4.78 is 32.1. The lowest BCUT2D eigenvalue weighted by molar-refractivity contribution is 0.350. The highest BCUT2D eigenvalue weighted by atomic mass is 32.2. The fraction of sp³-hybridized carbons (Fsp3) is 0.267. The van der Waals surface area contributed by atoms with E-state index in [1.54, 1.807) is 6.08 Å². The number of rotatable bonds is 5. The van der Waals surface area contributed by atoms with Gasteiger partial charge in [0.15, 0.2) is 0 Å². The van der Waals surface area contributed by atoms with Gasteiger partial charge in [-0.15, -0.1) is 4.40 Å². The van der Waals surface area contributed by atoms with Gasteiger partial charge in [0.2, 0.25) is 5.90 Å². The average Bonchev–Trinajstić information content (AvgIpc) is 2.71. The molecule has 1 aromatic carbocycles. The number of hydrogen-bond donors (Lipinski definition) is 0. The molecule has 1 unspecified atom stereocenters. The highest BCUT2D eigenvalue weighted by molar-refractivity contribution is 7.93. The minimum Gasteiger partial charge on any atom is -0.473 e. The van der Waals surface area contributed by atoms with E-state index in [2.05, 4.69) is 11.0 Å². The first-order valence-corrected chi connectivity index (χ1v) is 7.86. The topological polar surface area (TPSA) is 55.7 Å². The van der Waals surface area contributed by atoms with Crippen LogP contribution >= 0.6 is 0 Å². The summed E-state index contributed by atoms with van der Waals surface area (Å²) in [5, 5.41) is 1.19. The Kier molecular flexibility index (Phi) is 4.39. The zero-order chi connectivity index (χ0) is 14.6.